The van der Waals surface area contributed by atoms with Gasteiger partial charge in [0.1, 0.15) is 5.82 Å². The maximum atomic E-state index is 11.3. The van der Waals surface area contributed by atoms with Gasteiger partial charge in [-0.2, -0.15) is 0 Å². The molecule has 0 saturated carbocycles. The van der Waals surface area contributed by atoms with Crippen LogP contribution in [-0.2, 0) is 17.8 Å². The highest BCUT2D eigenvalue weighted by Crippen LogP contribution is 2.28. The number of aromatic amines is 1. The topological polar surface area (TPSA) is 75.2 Å². The van der Waals surface area contributed by atoms with Crippen molar-refractivity contribution in [3.63, 3.8) is 0 Å². The van der Waals surface area contributed by atoms with Crippen molar-refractivity contribution in [3.05, 3.63) is 40.2 Å². The van der Waals surface area contributed by atoms with E-state index in [1.807, 2.05) is 26.8 Å². The first-order valence-electron chi connectivity index (χ1n) is 7.00. The minimum Gasteiger partial charge on any atom is -0.478 e. The van der Waals surface area contributed by atoms with Crippen molar-refractivity contribution in [3.8, 4) is 11.4 Å². The Hall–Kier alpha value is -2.14. The van der Waals surface area contributed by atoms with Crippen molar-refractivity contribution in [1.82, 2.24) is 9.97 Å². The zero-order valence-electron chi connectivity index (χ0n) is 12.4. The summed E-state index contributed by atoms with van der Waals surface area (Å²) >= 11 is 0. The van der Waals surface area contributed by atoms with Crippen LogP contribution in [0.15, 0.2) is 12.1 Å². The number of imidazole rings is 1. The molecule has 0 saturated heterocycles. The molecule has 1 aliphatic heterocycles. The lowest BCUT2D eigenvalue weighted by atomic mass is 9.99. The van der Waals surface area contributed by atoms with E-state index in [0.717, 1.165) is 40.3 Å². The SMILES string of the molecule is Cc1cc(C)c(-c2nc3c([nH]2)COC(C)C3)cc1C(=O)O. The van der Waals surface area contributed by atoms with E-state index in [-0.39, 0.29) is 6.10 Å². The van der Waals surface area contributed by atoms with E-state index in [2.05, 4.69) is 9.97 Å². The second-order valence-corrected chi connectivity index (χ2v) is 5.62. The van der Waals surface area contributed by atoms with Gasteiger partial charge in [-0.15, -0.1) is 0 Å². The molecule has 0 spiro atoms. The Labute approximate surface area is 123 Å². The molecule has 1 aromatic heterocycles. The number of aromatic carboxylic acids is 1. The summed E-state index contributed by atoms with van der Waals surface area (Å²) in [5, 5.41) is 9.27. The fourth-order valence-electron chi connectivity index (χ4n) is 2.76. The van der Waals surface area contributed by atoms with Crippen molar-refractivity contribution in [1.29, 1.82) is 0 Å². The molecule has 0 aliphatic carbocycles. The van der Waals surface area contributed by atoms with Crippen molar-refractivity contribution in [2.24, 2.45) is 0 Å². The summed E-state index contributed by atoms with van der Waals surface area (Å²) in [6, 6.07) is 3.58. The highest BCUT2D eigenvalue weighted by Gasteiger charge is 2.21. The minimum absolute atomic E-state index is 0.169. The van der Waals surface area contributed by atoms with E-state index in [9.17, 15) is 9.90 Å². The Morgan fingerprint density at radius 2 is 2.14 bits per heavy atom. The Morgan fingerprint density at radius 3 is 2.86 bits per heavy atom. The average Bonchev–Trinajstić information content (AvgIpc) is 2.80. The lowest BCUT2D eigenvalue weighted by Gasteiger charge is -2.17. The number of rotatable bonds is 2. The largest absolute Gasteiger partial charge is 0.478 e. The molecule has 1 atom stereocenters. The summed E-state index contributed by atoms with van der Waals surface area (Å²) in [6.07, 6.45) is 0.949. The maximum absolute atomic E-state index is 11.3. The van der Waals surface area contributed by atoms with Gasteiger partial charge in [-0.3, -0.25) is 0 Å². The fourth-order valence-corrected chi connectivity index (χ4v) is 2.76. The molecule has 5 nitrogen and oxygen atoms in total. The van der Waals surface area contributed by atoms with Crippen molar-refractivity contribution >= 4 is 5.97 Å². The van der Waals surface area contributed by atoms with Gasteiger partial charge in [0.05, 0.1) is 29.7 Å². The van der Waals surface area contributed by atoms with Crippen molar-refractivity contribution < 1.29 is 14.6 Å². The first-order valence-corrected chi connectivity index (χ1v) is 7.00. The molecule has 21 heavy (non-hydrogen) atoms. The van der Waals surface area contributed by atoms with E-state index in [4.69, 9.17) is 4.74 Å². The molecule has 0 radical (unpaired) electrons. The number of carboxylic acids is 1. The molecule has 1 unspecified atom stereocenters. The van der Waals surface area contributed by atoms with Gasteiger partial charge < -0.3 is 14.8 Å². The average molecular weight is 286 g/mol. The first-order chi connectivity index (χ1) is 9.95. The van der Waals surface area contributed by atoms with Crippen LogP contribution in [0.5, 0.6) is 0 Å². The van der Waals surface area contributed by atoms with E-state index in [1.54, 1.807) is 6.07 Å². The van der Waals surface area contributed by atoms with Crippen LogP contribution in [0.1, 0.15) is 39.8 Å². The zero-order chi connectivity index (χ0) is 15.1. The second kappa shape index (κ2) is 5.00. The van der Waals surface area contributed by atoms with Crippen LogP contribution < -0.4 is 0 Å². The predicted molar refractivity (Wildman–Crippen MR) is 78.4 cm³/mol. The van der Waals surface area contributed by atoms with Gasteiger partial charge in [0.15, 0.2) is 0 Å². The number of benzene rings is 1. The third kappa shape index (κ3) is 2.45. The number of carbonyl (C=O) groups is 1. The standard InChI is InChI=1S/C16H18N2O3/c1-8-4-9(2)12(16(19)20)6-11(8)15-17-13-5-10(3)21-7-14(13)18-15/h4,6,10H,5,7H2,1-3H3,(H,17,18)(H,19,20). The molecule has 2 aromatic rings. The third-order valence-electron chi connectivity index (χ3n) is 3.91. The van der Waals surface area contributed by atoms with E-state index < -0.39 is 5.97 Å². The molecule has 1 aliphatic rings. The molecule has 0 fully saturated rings. The third-order valence-corrected chi connectivity index (χ3v) is 3.91. The molecular formula is C16H18N2O3. The molecule has 2 heterocycles. The zero-order valence-corrected chi connectivity index (χ0v) is 12.4. The Balaban J connectivity index is 2.08. The Morgan fingerprint density at radius 1 is 1.38 bits per heavy atom. The summed E-state index contributed by atoms with van der Waals surface area (Å²) in [4.78, 5) is 19.2. The maximum Gasteiger partial charge on any atom is 0.335 e. The molecule has 2 N–H and O–H groups in total. The number of aromatic nitrogens is 2. The molecule has 3 rings (SSSR count). The minimum atomic E-state index is -0.915. The lowest BCUT2D eigenvalue weighted by Crippen LogP contribution is -2.18. The number of nitrogens with one attached hydrogen (secondary N) is 1. The summed E-state index contributed by atoms with van der Waals surface area (Å²) in [6.45, 7) is 6.33. The van der Waals surface area contributed by atoms with Gasteiger partial charge in [-0.25, -0.2) is 9.78 Å². The van der Waals surface area contributed by atoms with Crippen LogP contribution in [0, 0.1) is 13.8 Å². The number of hydrogen-bond acceptors (Lipinski definition) is 3. The molecule has 5 heteroatoms. The fraction of sp³-hybridized carbons (Fsp3) is 0.375. The number of nitrogens with zero attached hydrogens (tertiary/aromatic N) is 1. The van der Waals surface area contributed by atoms with Crippen LogP contribution in [0.4, 0.5) is 0 Å². The Kier molecular flexibility index (Phi) is 3.29. The van der Waals surface area contributed by atoms with E-state index in [0.29, 0.717) is 12.2 Å². The lowest BCUT2D eigenvalue weighted by molar-refractivity contribution is 0.0383. The molecule has 110 valence electrons. The predicted octanol–water partition coefficient (Wildman–Crippen LogP) is 2.85. The number of ether oxygens (including phenoxy) is 1. The van der Waals surface area contributed by atoms with Crippen molar-refractivity contribution in [2.75, 3.05) is 0 Å². The van der Waals surface area contributed by atoms with Crippen LogP contribution in [0.25, 0.3) is 11.4 Å². The first kappa shape index (κ1) is 13.8. The van der Waals surface area contributed by atoms with Gasteiger partial charge in [0.25, 0.3) is 0 Å². The smallest absolute Gasteiger partial charge is 0.335 e. The highest BCUT2D eigenvalue weighted by atomic mass is 16.5. The van der Waals surface area contributed by atoms with Gasteiger partial charge in [0, 0.05) is 12.0 Å². The normalized spacial score (nSPS) is 17.6. The number of aryl methyl sites for hydroxylation is 2. The van der Waals surface area contributed by atoms with E-state index in [1.165, 1.54) is 0 Å². The van der Waals surface area contributed by atoms with Crippen LogP contribution in [0.3, 0.4) is 0 Å². The van der Waals surface area contributed by atoms with Gasteiger partial charge >= 0.3 is 5.97 Å². The van der Waals surface area contributed by atoms with Gasteiger partial charge in [-0.05, 0) is 38.0 Å². The molecule has 1 aromatic carbocycles. The Bertz CT molecular complexity index is 719. The number of H-pyrrole nitrogens is 1. The van der Waals surface area contributed by atoms with Gasteiger partial charge in [-0.1, -0.05) is 6.07 Å². The molecule has 0 bridgehead atoms. The number of hydrogen-bond donors (Lipinski definition) is 2. The van der Waals surface area contributed by atoms with Crippen LogP contribution >= 0.6 is 0 Å². The summed E-state index contributed by atoms with van der Waals surface area (Å²) in [5.41, 5.74) is 4.92. The van der Waals surface area contributed by atoms with Gasteiger partial charge in [0.2, 0.25) is 0 Å². The molecular weight excluding hydrogens is 268 g/mol. The number of fused-ring (bicyclic) bond motifs is 1. The van der Waals surface area contributed by atoms with Crippen LogP contribution in [0.2, 0.25) is 0 Å². The quantitative estimate of drug-likeness (QED) is 0.890. The van der Waals surface area contributed by atoms with Crippen LogP contribution in [-0.4, -0.2) is 27.1 Å². The molecule has 0 amide bonds. The summed E-state index contributed by atoms with van der Waals surface area (Å²) in [7, 11) is 0. The monoisotopic (exact) mass is 286 g/mol. The van der Waals surface area contributed by atoms with E-state index >= 15 is 0 Å². The van der Waals surface area contributed by atoms with Crippen molar-refractivity contribution in [2.45, 2.75) is 39.9 Å². The highest BCUT2D eigenvalue weighted by molar-refractivity contribution is 5.91. The summed E-state index contributed by atoms with van der Waals surface area (Å²) < 4.78 is 5.60. The number of carboxylic acid groups (broad SMARTS) is 1. The summed E-state index contributed by atoms with van der Waals surface area (Å²) in [5.74, 6) is -0.195. The second-order valence-electron chi connectivity index (χ2n) is 5.62.